The number of nitrogens with one attached hydrogen (secondary N) is 1. The van der Waals surface area contributed by atoms with Crippen LogP contribution in [-0.4, -0.2) is 26.1 Å². The molecular weight excluding hydrogens is 302 g/mol. The first-order valence-electron chi connectivity index (χ1n) is 8.34. The van der Waals surface area contributed by atoms with Crippen molar-refractivity contribution in [2.75, 3.05) is 0 Å². The molecule has 1 heterocycles. The van der Waals surface area contributed by atoms with E-state index < -0.39 is 0 Å². The summed E-state index contributed by atoms with van der Waals surface area (Å²) in [6.07, 6.45) is 9.46. The average molecular weight is 329 g/mol. The van der Waals surface area contributed by atoms with Gasteiger partial charge in [-0.05, 0) is 47.5 Å². The fourth-order valence-electron chi connectivity index (χ4n) is 1.98. The summed E-state index contributed by atoms with van der Waals surface area (Å²) in [6.45, 7) is 8.00. The standard InChI is InChI=1S/C14H13N5O.2C2H6.H2/c20-14(16-12-6-2-1-3-7-12)11-5-4-8-13(9-11)19-10-15-17-18-19;2*1-2;/h2,4-10H,1,3H2,(H,16,20);2*1-2H3;1H. The minimum absolute atomic E-state index is 0. The number of allylic oxidation sites excluding steroid dienone is 3. The zero-order valence-electron chi connectivity index (χ0n) is 14.7. The van der Waals surface area contributed by atoms with Crippen molar-refractivity contribution in [3.8, 4) is 5.69 Å². The second-order valence-electron chi connectivity index (χ2n) is 4.40. The Bertz CT molecular complexity index is 681. The number of hydrogen-bond donors (Lipinski definition) is 1. The fourth-order valence-corrected chi connectivity index (χ4v) is 1.98. The summed E-state index contributed by atoms with van der Waals surface area (Å²) in [5.74, 6) is -0.141. The summed E-state index contributed by atoms with van der Waals surface area (Å²) < 4.78 is 1.51. The molecule has 2 aromatic rings. The molecule has 1 aliphatic carbocycles. The lowest BCUT2D eigenvalue weighted by atomic mass is 10.1. The van der Waals surface area contributed by atoms with Crippen molar-refractivity contribution in [3.63, 3.8) is 0 Å². The molecule has 0 unspecified atom stereocenters. The molecule has 1 N–H and O–H groups in total. The van der Waals surface area contributed by atoms with Crippen molar-refractivity contribution in [2.24, 2.45) is 0 Å². The van der Waals surface area contributed by atoms with Crippen LogP contribution in [0.25, 0.3) is 5.69 Å². The lowest BCUT2D eigenvalue weighted by molar-refractivity contribution is 0.0967. The van der Waals surface area contributed by atoms with Crippen molar-refractivity contribution < 1.29 is 6.22 Å². The van der Waals surface area contributed by atoms with Gasteiger partial charge < -0.3 is 5.32 Å². The van der Waals surface area contributed by atoms with Gasteiger partial charge in [0.2, 0.25) is 0 Å². The molecule has 0 saturated heterocycles. The first kappa shape index (κ1) is 19.3. The number of nitrogens with zero attached hydrogens (tertiary/aromatic N) is 4. The highest BCUT2D eigenvalue weighted by Gasteiger charge is 2.09. The summed E-state index contributed by atoms with van der Waals surface area (Å²) in [4.78, 5) is 12.2. The topological polar surface area (TPSA) is 72.7 Å². The Hall–Kier alpha value is -2.76. The monoisotopic (exact) mass is 329 g/mol. The Balaban J connectivity index is 0.00000108. The fraction of sp³-hybridized carbons (Fsp3) is 0.333. The van der Waals surface area contributed by atoms with Gasteiger partial charge in [0.15, 0.2) is 0 Å². The van der Waals surface area contributed by atoms with Crippen LogP contribution in [0, 0.1) is 0 Å². The summed E-state index contributed by atoms with van der Waals surface area (Å²) in [5, 5.41) is 13.8. The van der Waals surface area contributed by atoms with Gasteiger partial charge in [-0.2, -0.15) is 0 Å². The lowest BCUT2D eigenvalue weighted by Gasteiger charge is -2.09. The normalized spacial score (nSPS) is 12.1. The molecule has 0 spiro atoms. The van der Waals surface area contributed by atoms with E-state index in [2.05, 4.69) is 20.8 Å². The summed E-state index contributed by atoms with van der Waals surface area (Å²) in [5.41, 5.74) is 2.16. The molecule has 6 nitrogen and oxygen atoms in total. The van der Waals surface area contributed by atoms with Crippen LogP contribution in [0.5, 0.6) is 0 Å². The molecule has 1 aromatic heterocycles. The highest BCUT2D eigenvalue weighted by molar-refractivity contribution is 5.96. The van der Waals surface area contributed by atoms with Crippen LogP contribution < -0.4 is 5.32 Å². The minimum Gasteiger partial charge on any atom is -0.322 e. The predicted molar refractivity (Wildman–Crippen MR) is 97.9 cm³/mol. The van der Waals surface area contributed by atoms with Crippen molar-refractivity contribution in [3.05, 3.63) is 60.1 Å². The van der Waals surface area contributed by atoms with Gasteiger partial charge >= 0.3 is 0 Å². The van der Waals surface area contributed by atoms with E-state index in [4.69, 9.17) is 0 Å². The van der Waals surface area contributed by atoms with E-state index in [1.54, 1.807) is 18.2 Å². The third kappa shape index (κ3) is 5.46. The predicted octanol–water partition coefficient (Wildman–Crippen LogP) is 3.92. The van der Waals surface area contributed by atoms with Crippen LogP contribution in [-0.2, 0) is 0 Å². The first-order valence-corrected chi connectivity index (χ1v) is 8.34. The number of tetrazole rings is 1. The van der Waals surface area contributed by atoms with Crippen LogP contribution in [0.4, 0.5) is 0 Å². The molecular formula is C18H27N5O. The Morgan fingerprint density at radius 3 is 2.62 bits per heavy atom. The zero-order valence-corrected chi connectivity index (χ0v) is 14.7. The van der Waals surface area contributed by atoms with Gasteiger partial charge in [-0.1, -0.05) is 45.9 Å². The number of hydrogen-bond acceptors (Lipinski definition) is 4. The third-order valence-corrected chi connectivity index (χ3v) is 2.97. The molecule has 24 heavy (non-hydrogen) atoms. The second-order valence-corrected chi connectivity index (χ2v) is 4.40. The number of carbonyl (C=O) groups is 1. The molecule has 0 atom stereocenters. The highest BCUT2D eigenvalue weighted by atomic mass is 16.1. The maximum absolute atomic E-state index is 12.2. The average Bonchev–Trinajstić information content (AvgIpc) is 3.21. The van der Waals surface area contributed by atoms with Gasteiger partial charge in [0.25, 0.3) is 5.91 Å². The van der Waals surface area contributed by atoms with Gasteiger partial charge in [0.05, 0.1) is 5.69 Å². The number of aromatic nitrogens is 4. The molecule has 6 heteroatoms. The van der Waals surface area contributed by atoms with E-state index in [1.807, 2.05) is 52.0 Å². The van der Waals surface area contributed by atoms with Crippen molar-refractivity contribution >= 4 is 5.91 Å². The first-order chi connectivity index (χ1) is 11.8. The van der Waals surface area contributed by atoms with Crippen LogP contribution in [0.2, 0.25) is 0 Å². The number of carbonyl (C=O) groups excluding carboxylic acids is 1. The Labute approximate surface area is 144 Å². The smallest absolute Gasteiger partial charge is 0.255 e. The van der Waals surface area contributed by atoms with Crippen LogP contribution in [0.1, 0.15) is 52.3 Å². The van der Waals surface area contributed by atoms with Gasteiger partial charge in [-0.25, -0.2) is 4.68 Å². The Kier molecular flexibility index (Phi) is 8.74. The largest absolute Gasteiger partial charge is 0.322 e. The number of rotatable bonds is 3. The summed E-state index contributed by atoms with van der Waals surface area (Å²) in [7, 11) is 0. The molecule has 130 valence electrons. The molecule has 0 saturated carbocycles. The molecule has 0 aliphatic heterocycles. The van der Waals surface area contributed by atoms with Gasteiger partial charge in [-0.3, -0.25) is 4.79 Å². The minimum atomic E-state index is -0.141. The molecule has 1 aromatic carbocycles. The van der Waals surface area contributed by atoms with Crippen molar-refractivity contribution in [1.29, 1.82) is 0 Å². The van der Waals surface area contributed by atoms with E-state index in [0.717, 1.165) is 24.2 Å². The summed E-state index contributed by atoms with van der Waals surface area (Å²) in [6, 6.07) is 7.15. The molecule has 0 fully saturated rings. The third-order valence-electron chi connectivity index (χ3n) is 2.97. The lowest BCUT2D eigenvalue weighted by Crippen LogP contribution is -2.22. The van der Waals surface area contributed by atoms with Gasteiger partial charge in [-0.15, -0.1) is 5.10 Å². The van der Waals surface area contributed by atoms with E-state index in [9.17, 15) is 4.79 Å². The van der Waals surface area contributed by atoms with Crippen LogP contribution in [0.15, 0.2) is 54.5 Å². The molecule has 1 aliphatic rings. The highest BCUT2D eigenvalue weighted by Crippen LogP contribution is 2.11. The SMILES string of the molecule is CC.CC.O=C(NC1=CCCC=C1)c1cccc(-n2cnnn2)c1.[HH]. The van der Waals surface area contributed by atoms with E-state index in [-0.39, 0.29) is 7.33 Å². The van der Waals surface area contributed by atoms with Gasteiger partial charge in [0, 0.05) is 12.7 Å². The maximum Gasteiger partial charge on any atom is 0.255 e. The summed E-state index contributed by atoms with van der Waals surface area (Å²) >= 11 is 0. The molecule has 0 radical (unpaired) electrons. The van der Waals surface area contributed by atoms with E-state index in [0.29, 0.717) is 5.56 Å². The van der Waals surface area contributed by atoms with Crippen molar-refractivity contribution in [2.45, 2.75) is 40.5 Å². The van der Waals surface area contributed by atoms with E-state index >= 15 is 0 Å². The molecule has 1 amide bonds. The molecule has 3 rings (SSSR count). The van der Waals surface area contributed by atoms with Gasteiger partial charge in [0.1, 0.15) is 6.33 Å². The maximum atomic E-state index is 12.2. The van der Waals surface area contributed by atoms with Crippen LogP contribution >= 0.6 is 0 Å². The van der Waals surface area contributed by atoms with E-state index in [1.165, 1.54) is 11.0 Å². The number of benzene rings is 1. The Morgan fingerprint density at radius 2 is 2.00 bits per heavy atom. The zero-order chi connectivity index (χ0) is 17.8. The Morgan fingerprint density at radius 1 is 1.21 bits per heavy atom. The van der Waals surface area contributed by atoms with Crippen molar-refractivity contribution in [1.82, 2.24) is 25.5 Å². The van der Waals surface area contributed by atoms with Crippen LogP contribution in [0.3, 0.4) is 0 Å². The quantitative estimate of drug-likeness (QED) is 0.926. The number of amides is 1. The molecule has 0 bridgehead atoms. The second kappa shape index (κ2) is 10.9.